The van der Waals surface area contributed by atoms with Gasteiger partial charge in [0.1, 0.15) is 0 Å². The van der Waals surface area contributed by atoms with Crippen molar-refractivity contribution in [3.8, 4) is 5.69 Å². The average Bonchev–Trinajstić information content (AvgIpc) is 3.51. The normalized spacial score (nSPS) is 13.1. The lowest BCUT2D eigenvalue weighted by molar-refractivity contribution is 0.0940. The Hall–Kier alpha value is -3.52. The zero-order chi connectivity index (χ0) is 21.6. The van der Waals surface area contributed by atoms with Gasteiger partial charge in [0.2, 0.25) is 0 Å². The summed E-state index contributed by atoms with van der Waals surface area (Å²) in [4.78, 5) is 24.7. The average molecular weight is 419 g/mol. The van der Waals surface area contributed by atoms with Gasteiger partial charge in [-0.1, -0.05) is 35.5 Å². The Morgan fingerprint density at radius 2 is 1.74 bits per heavy atom. The zero-order valence-electron chi connectivity index (χ0n) is 17.5. The third-order valence-corrected chi connectivity index (χ3v) is 5.07. The van der Waals surface area contributed by atoms with Crippen molar-refractivity contribution < 1.29 is 9.59 Å². The van der Waals surface area contributed by atoms with E-state index in [2.05, 4.69) is 26.3 Å². The van der Waals surface area contributed by atoms with Crippen molar-refractivity contribution in [2.75, 3.05) is 6.54 Å². The number of carbonyl (C=O) groups excluding carboxylic acids is 2. The largest absolute Gasteiger partial charge is 0.352 e. The van der Waals surface area contributed by atoms with Crippen LogP contribution in [0.15, 0.2) is 54.6 Å². The van der Waals surface area contributed by atoms with Crippen LogP contribution in [-0.4, -0.2) is 39.4 Å². The predicted octanol–water partition coefficient (Wildman–Crippen LogP) is 2.20. The van der Waals surface area contributed by atoms with E-state index in [1.165, 1.54) is 0 Å². The third-order valence-electron chi connectivity index (χ3n) is 5.07. The number of nitrogens with one attached hydrogen (secondary N) is 3. The van der Waals surface area contributed by atoms with Gasteiger partial charge in [-0.25, -0.2) is 4.68 Å². The number of hydrogen-bond donors (Lipinski definition) is 3. The second-order valence-corrected chi connectivity index (χ2v) is 7.54. The molecule has 0 radical (unpaired) electrons. The van der Waals surface area contributed by atoms with E-state index in [0.717, 1.165) is 24.1 Å². The topological polar surface area (TPSA) is 101 Å². The minimum atomic E-state index is -0.204. The van der Waals surface area contributed by atoms with Crippen LogP contribution < -0.4 is 16.0 Å². The van der Waals surface area contributed by atoms with Crippen LogP contribution in [0.4, 0.5) is 0 Å². The first-order valence-electron chi connectivity index (χ1n) is 10.5. The molecule has 1 fully saturated rings. The number of hydrogen-bond acceptors (Lipinski definition) is 5. The summed E-state index contributed by atoms with van der Waals surface area (Å²) in [6.45, 7) is 3.53. The summed E-state index contributed by atoms with van der Waals surface area (Å²) in [5, 5.41) is 17.6. The summed E-state index contributed by atoms with van der Waals surface area (Å²) >= 11 is 0. The molecule has 8 heteroatoms. The van der Waals surface area contributed by atoms with Gasteiger partial charge in [-0.05, 0) is 49.6 Å². The summed E-state index contributed by atoms with van der Waals surface area (Å²) in [6.07, 6.45) is 2.01. The van der Waals surface area contributed by atoms with Gasteiger partial charge in [-0.2, -0.15) is 0 Å². The fourth-order valence-corrected chi connectivity index (χ4v) is 3.26. The van der Waals surface area contributed by atoms with Crippen LogP contribution >= 0.6 is 0 Å². The van der Waals surface area contributed by atoms with Crippen LogP contribution in [0.2, 0.25) is 0 Å². The Morgan fingerprint density at radius 1 is 1.00 bits per heavy atom. The van der Waals surface area contributed by atoms with Gasteiger partial charge < -0.3 is 16.0 Å². The molecule has 3 aromatic rings. The van der Waals surface area contributed by atoms with E-state index in [1.807, 2.05) is 49.4 Å². The molecule has 0 saturated heterocycles. The maximum Gasteiger partial charge on any atom is 0.274 e. The number of nitrogens with zero attached hydrogens (tertiary/aromatic N) is 3. The molecular weight excluding hydrogens is 392 g/mol. The quantitative estimate of drug-likeness (QED) is 0.495. The number of amides is 2. The molecule has 0 unspecified atom stereocenters. The molecule has 0 bridgehead atoms. The van der Waals surface area contributed by atoms with Gasteiger partial charge in [0, 0.05) is 31.2 Å². The standard InChI is InChI=1S/C23H26N6O2/c1-2-25-22(30)17-8-12-19(13-9-17)29-20(15-24-14-16-6-4-3-5-7-16)21(27-28-29)23(31)26-18-10-11-18/h3-9,12-13,18,24H,2,10-11,14-15H2,1H3,(H,25,30)(H,26,31). The second-order valence-electron chi connectivity index (χ2n) is 7.54. The lowest BCUT2D eigenvalue weighted by atomic mass is 10.2. The van der Waals surface area contributed by atoms with Gasteiger partial charge >= 0.3 is 0 Å². The highest BCUT2D eigenvalue weighted by molar-refractivity contribution is 5.94. The number of aromatic nitrogens is 3. The first-order valence-corrected chi connectivity index (χ1v) is 10.5. The van der Waals surface area contributed by atoms with Crippen molar-refractivity contribution in [2.45, 2.75) is 38.9 Å². The Morgan fingerprint density at radius 3 is 2.42 bits per heavy atom. The van der Waals surface area contributed by atoms with Gasteiger partial charge in [0.05, 0.1) is 11.4 Å². The first-order chi connectivity index (χ1) is 15.2. The molecule has 1 saturated carbocycles. The Balaban J connectivity index is 1.56. The lowest BCUT2D eigenvalue weighted by Gasteiger charge is -2.11. The zero-order valence-corrected chi connectivity index (χ0v) is 17.5. The Kier molecular flexibility index (Phi) is 6.37. The molecule has 0 atom stereocenters. The minimum Gasteiger partial charge on any atom is -0.352 e. The van der Waals surface area contributed by atoms with Crippen molar-refractivity contribution in [1.82, 2.24) is 30.9 Å². The highest BCUT2D eigenvalue weighted by atomic mass is 16.2. The van der Waals surface area contributed by atoms with E-state index in [9.17, 15) is 9.59 Å². The van der Waals surface area contributed by atoms with E-state index in [1.54, 1.807) is 16.8 Å². The van der Waals surface area contributed by atoms with Crippen molar-refractivity contribution in [3.05, 3.63) is 77.1 Å². The molecule has 1 aromatic heterocycles. The van der Waals surface area contributed by atoms with Crippen molar-refractivity contribution in [2.24, 2.45) is 0 Å². The molecule has 1 aliphatic carbocycles. The monoisotopic (exact) mass is 418 g/mol. The van der Waals surface area contributed by atoms with Crippen molar-refractivity contribution in [3.63, 3.8) is 0 Å². The third kappa shape index (κ3) is 5.16. The number of benzene rings is 2. The molecule has 3 N–H and O–H groups in total. The van der Waals surface area contributed by atoms with Gasteiger partial charge in [0.25, 0.3) is 11.8 Å². The van der Waals surface area contributed by atoms with Crippen molar-refractivity contribution in [1.29, 1.82) is 0 Å². The summed E-state index contributed by atoms with van der Waals surface area (Å²) in [7, 11) is 0. The van der Waals surface area contributed by atoms with E-state index < -0.39 is 0 Å². The fraction of sp³-hybridized carbons (Fsp3) is 0.304. The van der Waals surface area contributed by atoms with Crippen LogP contribution in [0.1, 0.15) is 51.9 Å². The minimum absolute atomic E-state index is 0.123. The van der Waals surface area contributed by atoms with E-state index in [0.29, 0.717) is 36.6 Å². The Bertz CT molecular complexity index is 1040. The molecule has 160 valence electrons. The maximum absolute atomic E-state index is 12.7. The highest BCUT2D eigenvalue weighted by Crippen LogP contribution is 2.20. The summed E-state index contributed by atoms with van der Waals surface area (Å²) < 4.78 is 1.65. The molecule has 0 aliphatic heterocycles. The number of rotatable bonds is 9. The second kappa shape index (κ2) is 9.53. The fourth-order valence-electron chi connectivity index (χ4n) is 3.26. The number of carbonyl (C=O) groups is 2. The molecule has 2 amide bonds. The van der Waals surface area contributed by atoms with Gasteiger partial charge in [-0.3, -0.25) is 9.59 Å². The van der Waals surface area contributed by atoms with Crippen LogP contribution in [0, 0.1) is 0 Å². The highest BCUT2D eigenvalue weighted by Gasteiger charge is 2.27. The SMILES string of the molecule is CCNC(=O)c1ccc(-n2nnc(C(=O)NC3CC3)c2CNCc2ccccc2)cc1. The first kappa shape index (κ1) is 20.7. The molecule has 1 aliphatic rings. The molecule has 2 aromatic carbocycles. The molecule has 0 spiro atoms. The van der Waals surface area contributed by atoms with E-state index in [4.69, 9.17) is 0 Å². The Labute approximate surface area is 181 Å². The predicted molar refractivity (Wildman–Crippen MR) is 117 cm³/mol. The smallest absolute Gasteiger partial charge is 0.274 e. The maximum atomic E-state index is 12.7. The van der Waals surface area contributed by atoms with Gasteiger partial charge in [-0.15, -0.1) is 5.10 Å². The van der Waals surface area contributed by atoms with E-state index >= 15 is 0 Å². The molecule has 8 nitrogen and oxygen atoms in total. The van der Waals surface area contributed by atoms with Crippen LogP contribution in [0.25, 0.3) is 5.69 Å². The lowest BCUT2D eigenvalue weighted by Crippen LogP contribution is -2.28. The van der Waals surface area contributed by atoms with Crippen LogP contribution in [0.3, 0.4) is 0 Å². The van der Waals surface area contributed by atoms with Crippen LogP contribution in [0.5, 0.6) is 0 Å². The summed E-state index contributed by atoms with van der Waals surface area (Å²) in [5.41, 5.74) is 3.46. The molecular formula is C23H26N6O2. The van der Waals surface area contributed by atoms with Crippen molar-refractivity contribution >= 4 is 11.8 Å². The molecule has 31 heavy (non-hydrogen) atoms. The van der Waals surface area contributed by atoms with Crippen LogP contribution in [-0.2, 0) is 13.1 Å². The van der Waals surface area contributed by atoms with Gasteiger partial charge in [0.15, 0.2) is 5.69 Å². The summed E-state index contributed by atoms with van der Waals surface area (Å²) in [5.74, 6) is -0.328. The molecule has 1 heterocycles. The molecule has 4 rings (SSSR count). The summed E-state index contributed by atoms with van der Waals surface area (Å²) in [6, 6.07) is 17.4. The van der Waals surface area contributed by atoms with E-state index in [-0.39, 0.29) is 17.9 Å².